The van der Waals surface area contributed by atoms with Crippen molar-refractivity contribution in [2.24, 2.45) is 5.41 Å². The highest BCUT2D eigenvalue weighted by Gasteiger charge is 2.41. The van der Waals surface area contributed by atoms with Gasteiger partial charge in [0.25, 0.3) is 0 Å². The Kier molecular flexibility index (Phi) is 5.02. The maximum atomic E-state index is 12.1. The van der Waals surface area contributed by atoms with Crippen LogP contribution in [0.5, 0.6) is 0 Å². The first-order chi connectivity index (χ1) is 9.57. The van der Waals surface area contributed by atoms with Crippen molar-refractivity contribution in [3.63, 3.8) is 0 Å². The van der Waals surface area contributed by atoms with Crippen LogP contribution in [-0.2, 0) is 9.59 Å². The Morgan fingerprint density at radius 3 is 2.45 bits per heavy atom. The van der Waals surface area contributed by atoms with Gasteiger partial charge in [-0.2, -0.15) is 0 Å². The van der Waals surface area contributed by atoms with Gasteiger partial charge in [-0.3, -0.25) is 9.59 Å². The topological polar surface area (TPSA) is 69.6 Å². The number of carbonyl (C=O) groups excluding carboxylic acids is 1. The average Bonchev–Trinajstić information content (AvgIpc) is 3.23. The van der Waals surface area contributed by atoms with E-state index in [4.69, 9.17) is 0 Å². The summed E-state index contributed by atoms with van der Waals surface area (Å²) >= 11 is 0. The molecule has 1 saturated carbocycles. The van der Waals surface area contributed by atoms with Crippen molar-refractivity contribution in [3.05, 3.63) is 0 Å². The van der Waals surface area contributed by atoms with Gasteiger partial charge in [0.2, 0.25) is 5.91 Å². The van der Waals surface area contributed by atoms with E-state index in [0.717, 1.165) is 13.0 Å². The molecule has 0 unspecified atom stereocenters. The molecule has 0 atom stereocenters. The molecule has 5 nitrogen and oxygen atoms in total. The second-order valence-electron chi connectivity index (χ2n) is 6.19. The quantitative estimate of drug-likeness (QED) is 0.744. The lowest BCUT2D eigenvalue weighted by molar-refractivity contribution is -0.155. The average molecular weight is 282 g/mol. The second kappa shape index (κ2) is 6.57. The SMILES string of the molecule is CCCC1(C(=O)O)CCN(C(=O)CCNC2CC2)CC1. The zero-order valence-corrected chi connectivity index (χ0v) is 12.4. The van der Waals surface area contributed by atoms with Gasteiger partial charge in [0.15, 0.2) is 0 Å². The van der Waals surface area contributed by atoms with E-state index in [0.29, 0.717) is 44.8 Å². The molecule has 2 N–H and O–H groups in total. The predicted octanol–water partition coefficient (Wildman–Crippen LogP) is 1.62. The van der Waals surface area contributed by atoms with Gasteiger partial charge in [0.05, 0.1) is 5.41 Å². The molecule has 0 radical (unpaired) electrons. The molecule has 1 aliphatic carbocycles. The molecule has 1 amide bonds. The maximum Gasteiger partial charge on any atom is 0.309 e. The number of amides is 1. The molecule has 2 aliphatic rings. The summed E-state index contributed by atoms with van der Waals surface area (Å²) in [6, 6.07) is 0.633. The van der Waals surface area contributed by atoms with E-state index in [1.807, 2.05) is 11.8 Å². The van der Waals surface area contributed by atoms with Crippen LogP contribution < -0.4 is 5.32 Å². The van der Waals surface area contributed by atoms with Crippen molar-refractivity contribution in [1.29, 1.82) is 0 Å². The molecule has 0 bridgehead atoms. The van der Waals surface area contributed by atoms with Gasteiger partial charge in [-0.15, -0.1) is 0 Å². The second-order valence-corrected chi connectivity index (χ2v) is 6.19. The van der Waals surface area contributed by atoms with E-state index in [1.54, 1.807) is 0 Å². The number of nitrogens with one attached hydrogen (secondary N) is 1. The summed E-state index contributed by atoms with van der Waals surface area (Å²) in [6.07, 6.45) is 5.78. The summed E-state index contributed by atoms with van der Waals surface area (Å²) in [5.41, 5.74) is -0.599. The van der Waals surface area contributed by atoms with Crippen molar-refractivity contribution < 1.29 is 14.7 Å². The Labute approximate surface area is 120 Å². The highest BCUT2D eigenvalue weighted by atomic mass is 16.4. The van der Waals surface area contributed by atoms with Crippen LogP contribution in [0.15, 0.2) is 0 Å². The number of rotatable bonds is 7. The summed E-state index contributed by atoms with van der Waals surface area (Å²) in [6.45, 7) is 3.95. The first-order valence-corrected chi connectivity index (χ1v) is 7.82. The van der Waals surface area contributed by atoms with Crippen LogP contribution in [0.3, 0.4) is 0 Å². The van der Waals surface area contributed by atoms with Crippen molar-refractivity contribution in [2.45, 2.75) is 57.9 Å². The van der Waals surface area contributed by atoms with E-state index in [-0.39, 0.29) is 5.91 Å². The number of likely N-dealkylation sites (tertiary alicyclic amines) is 1. The van der Waals surface area contributed by atoms with Crippen molar-refractivity contribution in [1.82, 2.24) is 10.2 Å². The molecule has 2 rings (SSSR count). The van der Waals surface area contributed by atoms with Gasteiger partial charge in [0.1, 0.15) is 0 Å². The fourth-order valence-corrected chi connectivity index (χ4v) is 3.06. The largest absolute Gasteiger partial charge is 0.481 e. The van der Waals surface area contributed by atoms with E-state index < -0.39 is 11.4 Å². The van der Waals surface area contributed by atoms with E-state index in [1.165, 1.54) is 12.8 Å². The molecular formula is C15H26N2O3. The number of hydrogen-bond acceptors (Lipinski definition) is 3. The molecule has 1 aliphatic heterocycles. The minimum atomic E-state index is -0.693. The minimum Gasteiger partial charge on any atom is -0.481 e. The van der Waals surface area contributed by atoms with Crippen LogP contribution in [0.2, 0.25) is 0 Å². The molecule has 20 heavy (non-hydrogen) atoms. The fraction of sp³-hybridized carbons (Fsp3) is 0.867. The third-order valence-corrected chi connectivity index (χ3v) is 4.60. The Morgan fingerprint density at radius 1 is 1.30 bits per heavy atom. The molecule has 1 saturated heterocycles. The number of carboxylic acid groups (broad SMARTS) is 1. The lowest BCUT2D eigenvalue weighted by atomic mass is 9.75. The molecule has 0 spiro atoms. The summed E-state index contributed by atoms with van der Waals surface area (Å²) in [5, 5.41) is 12.8. The first-order valence-electron chi connectivity index (χ1n) is 7.82. The standard InChI is InChI=1S/C15H26N2O3/c1-2-6-15(14(19)20)7-10-17(11-8-15)13(18)5-9-16-12-3-4-12/h12,16H,2-11H2,1H3,(H,19,20). The van der Waals surface area contributed by atoms with Crippen molar-refractivity contribution in [2.75, 3.05) is 19.6 Å². The third-order valence-electron chi connectivity index (χ3n) is 4.60. The number of nitrogens with zero attached hydrogens (tertiary/aromatic N) is 1. The van der Waals surface area contributed by atoms with Gasteiger partial charge in [0, 0.05) is 32.1 Å². The molecule has 0 aromatic rings. The monoisotopic (exact) mass is 282 g/mol. The Balaban J connectivity index is 1.76. The van der Waals surface area contributed by atoms with E-state index in [9.17, 15) is 14.7 Å². The van der Waals surface area contributed by atoms with Gasteiger partial charge in [-0.1, -0.05) is 13.3 Å². The molecule has 2 fully saturated rings. The normalized spacial score (nSPS) is 21.8. The Bertz CT molecular complexity index is 358. The molecule has 1 heterocycles. The molecule has 5 heteroatoms. The maximum absolute atomic E-state index is 12.1. The Morgan fingerprint density at radius 2 is 1.95 bits per heavy atom. The highest BCUT2D eigenvalue weighted by Crippen LogP contribution is 2.36. The van der Waals surface area contributed by atoms with Gasteiger partial charge < -0.3 is 15.3 Å². The molecule has 0 aromatic heterocycles. The third kappa shape index (κ3) is 3.72. The van der Waals surface area contributed by atoms with E-state index >= 15 is 0 Å². The molecular weight excluding hydrogens is 256 g/mol. The van der Waals surface area contributed by atoms with Crippen molar-refractivity contribution >= 4 is 11.9 Å². The number of aliphatic carboxylic acids is 1. The van der Waals surface area contributed by atoms with Crippen molar-refractivity contribution in [3.8, 4) is 0 Å². The number of carboxylic acids is 1. The van der Waals surface area contributed by atoms with Crippen LogP contribution in [0.1, 0.15) is 51.9 Å². The highest BCUT2D eigenvalue weighted by molar-refractivity contribution is 5.78. The molecule has 0 aromatic carbocycles. The first kappa shape index (κ1) is 15.3. The number of carbonyl (C=O) groups is 2. The predicted molar refractivity (Wildman–Crippen MR) is 76.4 cm³/mol. The van der Waals surface area contributed by atoms with Gasteiger partial charge in [-0.25, -0.2) is 0 Å². The minimum absolute atomic E-state index is 0.161. The van der Waals surface area contributed by atoms with Crippen LogP contribution in [0.25, 0.3) is 0 Å². The van der Waals surface area contributed by atoms with Crippen LogP contribution in [0, 0.1) is 5.41 Å². The smallest absolute Gasteiger partial charge is 0.309 e. The summed E-state index contributed by atoms with van der Waals surface area (Å²) in [4.78, 5) is 25.4. The zero-order valence-electron chi connectivity index (χ0n) is 12.4. The fourth-order valence-electron chi connectivity index (χ4n) is 3.06. The van der Waals surface area contributed by atoms with E-state index in [2.05, 4.69) is 5.32 Å². The van der Waals surface area contributed by atoms with Crippen LogP contribution in [-0.4, -0.2) is 47.6 Å². The summed E-state index contributed by atoms with van der Waals surface area (Å²) in [5.74, 6) is -0.532. The number of piperidine rings is 1. The molecule has 114 valence electrons. The van der Waals surface area contributed by atoms with Crippen LogP contribution >= 0.6 is 0 Å². The summed E-state index contributed by atoms with van der Waals surface area (Å²) < 4.78 is 0. The Hall–Kier alpha value is -1.10. The lowest BCUT2D eigenvalue weighted by Crippen LogP contribution is -2.47. The zero-order chi connectivity index (χ0) is 14.6. The number of hydrogen-bond donors (Lipinski definition) is 2. The van der Waals surface area contributed by atoms with Crippen LogP contribution in [0.4, 0.5) is 0 Å². The van der Waals surface area contributed by atoms with Gasteiger partial charge >= 0.3 is 5.97 Å². The lowest BCUT2D eigenvalue weighted by Gasteiger charge is -2.39. The summed E-state index contributed by atoms with van der Waals surface area (Å²) in [7, 11) is 0. The van der Waals surface area contributed by atoms with Gasteiger partial charge in [-0.05, 0) is 32.1 Å².